The third kappa shape index (κ3) is 2.42. The Labute approximate surface area is 194 Å². The number of carbonyl (C=O) groups is 2. The summed E-state index contributed by atoms with van der Waals surface area (Å²) in [6, 6.07) is 9.73. The SMILES string of the molecule is O=C1[C@@H]2[C@H]3C[C@@H]([C@H]4Sc5[nH]c(=O)sc5[C@H](c5cccs5)[C@@H]34)[C@H]2C(=O)N1c1ccc(F)cc1. The van der Waals surface area contributed by atoms with Crippen molar-refractivity contribution in [1.82, 2.24) is 4.98 Å². The summed E-state index contributed by atoms with van der Waals surface area (Å²) < 4.78 is 13.4. The lowest BCUT2D eigenvalue weighted by atomic mass is 9.69. The highest BCUT2D eigenvalue weighted by atomic mass is 32.2. The molecule has 0 radical (unpaired) electrons. The summed E-state index contributed by atoms with van der Waals surface area (Å²) >= 11 is 4.65. The maximum absolute atomic E-state index is 13.5. The predicted octanol–water partition coefficient (Wildman–Crippen LogP) is 4.31. The van der Waals surface area contributed by atoms with E-state index in [1.807, 2.05) is 6.07 Å². The second-order valence-electron chi connectivity index (χ2n) is 8.96. The Morgan fingerprint density at radius 3 is 2.47 bits per heavy atom. The van der Waals surface area contributed by atoms with E-state index >= 15 is 0 Å². The summed E-state index contributed by atoms with van der Waals surface area (Å²) in [6.07, 6.45) is 0.869. The van der Waals surface area contributed by atoms with Crippen molar-refractivity contribution in [2.24, 2.45) is 29.6 Å². The van der Waals surface area contributed by atoms with E-state index in [4.69, 9.17) is 0 Å². The first-order chi connectivity index (χ1) is 15.5. The summed E-state index contributed by atoms with van der Waals surface area (Å²) in [5.41, 5.74) is 0.448. The number of fused-ring (bicyclic) bond motifs is 9. The van der Waals surface area contributed by atoms with Crippen LogP contribution in [0.5, 0.6) is 0 Å². The maximum atomic E-state index is 13.5. The first-order valence-electron chi connectivity index (χ1n) is 10.6. The number of carbonyl (C=O) groups excluding carboxylic acids is 2. The molecule has 4 aliphatic rings. The molecular formula is C23H17FN2O3S3. The van der Waals surface area contributed by atoms with Gasteiger partial charge < -0.3 is 4.98 Å². The van der Waals surface area contributed by atoms with Crippen molar-refractivity contribution in [2.45, 2.75) is 22.6 Å². The Bertz CT molecular complexity index is 1310. The second-order valence-corrected chi connectivity index (χ2v) is 12.1. The summed E-state index contributed by atoms with van der Waals surface area (Å²) in [5.74, 6) is -0.873. The minimum atomic E-state index is -0.394. The van der Waals surface area contributed by atoms with E-state index in [2.05, 4.69) is 16.4 Å². The highest BCUT2D eigenvalue weighted by Crippen LogP contribution is 2.68. The van der Waals surface area contributed by atoms with E-state index in [0.717, 1.165) is 16.3 Å². The minimum absolute atomic E-state index is 0.0498. The van der Waals surface area contributed by atoms with Gasteiger partial charge >= 0.3 is 4.87 Å². The molecule has 7 rings (SSSR count). The monoisotopic (exact) mass is 484 g/mol. The average molecular weight is 485 g/mol. The third-order valence-electron chi connectivity index (χ3n) is 7.66. The zero-order valence-electron chi connectivity index (χ0n) is 16.6. The molecule has 2 amide bonds. The van der Waals surface area contributed by atoms with Crippen LogP contribution in [-0.2, 0) is 9.59 Å². The molecule has 7 atom stereocenters. The van der Waals surface area contributed by atoms with Crippen LogP contribution >= 0.6 is 34.4 Å². The van der Waals surface area contributed by atoms with Gasteiger partial charge in [0.05, 0.1) is 22.5 Å². The standard InChI is InChI=1S/C23H17FN2O3S3/c24-9-3-5-10(6-4-9)26-21(27)15-11-8-12(16(15)22(26)28)18-14(11)17(13-2-1-7-30-13)19-20(31-18)25-23(29)32-19/h1-7,11-12,14-18H,8H2,(H,25,29)/t11-,12+,14+,15+,16+,17+,18+/m0/s1. The van der Waals surface area contributed by atoms with E-state index in [-0.39, 0.29) is 57.4 Å². The molecular weight excluding hydrogens is 467 g/mol. The number of benzene rings is 1. The molecule has 0 spiro atoms. The number of nitrogens with one attached hydrogen (secondary N) is 1. The number of nitrogens with zero attached hydrogens (tertiary/aromatic N) is 1. The van der Waals surface area contributed by atoms with Crippen LogP contribution in [-0.4, -0.2) is 22.0 Å². The van der Waals surface area contributed by atoms with Crippen molar-refractivity contribution in [2.75, 3.05) is 4.90 Å². The number of hydrogen-bond donors (Lipinski definition) is 1. The number of aromatic amines is 1. The zero-order valence-corrected chi connectivity index (χ0v) is 19.0. The maximum Gasteiger partial charge on any atom is 0.305 e. The van der Waals surface area contributed by atoms with Gasteiger partial charge in [0.1, 0.15) is 5.82 Å². The zero-order chi connectivity index (χ0) is 21.7. The lowest BCUT2D eigenvalue weighted by Gasteiger charge is -2.42. The van der Waals surface area contributed by atoms with Gasteiger partial charge in [0.15, 0.2) is 0 Å². The highest BCUT2D eigenvalue weighted by Gasteiger charge is 2.69. The number of thioether (sulfide) groups is 1. The molecule has 0 unspecified atom stereocenters. The first kappa shape index (κ1) is 19.3. The van der Waals surface area contributed by atoms with Gasteiger partial charge in [0, 0.05) is 20.9 Å². The molecule has 2 bridgehead atoms. The number of imide groups is 1. The molecule has 162 valence electrons. The summed E-state index contributed by atoms with van der Waals surface area (Å²) in [5, 5.41) is 3.17. The number of H-pyrrole nitrogens is 1. The Balaban J connectivity index is 1.32. The van der Waals surface area contributed by atoms with Gasteiger partial charge in [0.2, 0.25) is 11.8 Å². The van der Waals surface area contributed by atoms with Crippen LogP contribution in [0, 0.1) is 35.4 Å². The van der Waals surface area contributed by atoms with Crippen molar-refractivity contribution in [3.05, 3.63) is 67.0 Å². The number of rotatable bonds is 2. The first-order valence-corrected chi connectivity index (χ1v) is 13.2. The van der Waals surface area contributed by atoms with Gasteiger partial charge in [0.25, 0.3) is 0 Å². The molecule has 1 aromatic carbocycles. The average Bonchev–Trinajstić information content (AvgIpc) is 3.57. The smallest absolute Gasteiger partial charge is 0.305 e. The molecule has 3 fully saturated rings. The molecule has 3 aromatic rings. The Morgan fingerprint density at radius 2 is 1.75 bits per heavy atom. The molecule has 2 aliphatic carbocycles. The van der Waals surface area contributed by atoms with Gasteiger partial charge in [-0.2, -0.15) is 0 Å². The van der Waals surface area contributed by atoms with Crippen molar-refractivity contribution in [3.63, 3.8) is 0 Å². The number of aromatic nitrogens is 1. The molecule has 1 saturated heterocycles. The molecule has 2 aliphatic heterocycles. The third-order valence-corrected chi connectivity index (χ3v) is 11.2. The van der Waals surface area contributed by atoms with Crippen molar-refractivity contribution >= 4 is 51.9 Å². The Hall–Kier alpha value is -2.23. The van der Waals surface area contributed by atoms with Crippen molar-refractivity contribution in [1.29, 1.82) is 0 Å². The topological polar surface area (TPSA) is 70.2 Å². The van der Waals surface area contributed by atoms with Crippen LogP contribution in [0.3, 0.4) is 0 Å². The van der Waals surface area contributed by atoms with Crippen LogP contribution in [0.2, 0.25) is 0 Å². The van der Waals surface area contributed by atoms with Gasteiger partial charge in [-0.3, -0.25) is 19.3 Å². The van der Waals surface area contributed by atoms with E-state index in [9.17, 15) is 18.8 Å². The summed E-state index contributed by atoms with van der Waals surface area (Å²) in [4.78, 5) is 45.7. The Kier molecular flexibility index (Phi) is 4.00. The van der Waals surface area contributed by atoms with E-state index in [1.165, 1.54) is 45.4 Å². The van der Waals surface area contributed by atoms with E-state index in [1.54, 1.807) is 23.1 Å². The fourth-order valence-electron chi connectivity index (χ4n) is 6.65. The normalized spacial score (nSPS) is 34.7. The van der Waals surface area contributed by atoms with Crippen molar-refractivity contribution < 1.29 is 14.0 Å². The number of thiazole rings is 1. The van der Waals surface area contributed by atoms with Crippen LogP contribution < -0.4 is 9.77 Å². The van der Waals surface area contributed by atoms with Crippen LogP contribution in [0.15, 0.2) is 51.6 Å². The molecule has 9 heteroatoms. The van der Waals surface area contributed by atoms with Gasteiger partial charge in [-0.25, -0.2) is 4.39 Å². The molecule has 32 heavy (non-hydrogen) atoms. The van der Waals surface area contributed by atoms with E-state index < -0.39 is 5.82 Å². The number of amides is 2. The number of anilines is 1. The van der Waals surface area contributed by atoms with Gasteiger partial charge in [-0.05, 0) is 59.9 Å². The fraction of sp³-hybridized carbons (Fsp3) is 0.348. The highest BCUT2D eigenvalue weighted by molar-refractivity contribution is 8.00. The number of halogens is 1. The predicted molar refractivity (Wildman–Crippen MR) is 122 cm³/mol. The fourth-order valence-corrected chi connectivity index (χ4v) is 10.5. The van der Waals surface area contributed by atoms with Crippen LogP contribution in [0.1, 0.15) is 22.1 Å². The molecule has 4 heterocycles. The largest absolute Gasteiger partial charge is 0.307 e. The lowest BCUT2D eigenvalue weighted by molar-refractivity contribution is -0.123. The van der Waals surface area contributed by atoms with Gasteiger partial charge in [-0.15, -0.1) is 23.1 Å². The summed E-state index contributed by atoms with van der Waals surface area (Å²) in [7, 11) is 0. The van der Waals surface area contributed by atoms with Gasteiger partial charge in [-0.1, -0.05) is 17.4 Å². The van der Waals surface area contributed by atoms with E-state index in [0.29, 0.717) is 5.69 Å². The second kappa shape index (κ2) is 6.65. The molecule has 1 N–H and O–H groups in total. The molecule has 5 nitrogen and oxygen atoms in total. The number of thiophene rings is 1. The summed E-state index contributed by atoms with van der Waals surface area (Å²) in [6.45, 7) is 0. The molecule has 2 saturated carbocycles. The van der Waals surface area contributed by atoms with Crippen LogP contribution in [0.4, 0.5) is 10.1 Å². The number of hydrogen-bond acceptors (Lipinski definition) is 6. The lowest BCUT2D eigenvalue weighted by Crippen LogP contribution is -2.42. The Morgan fingerprint density at radius 1 is 1.00 bits per heavy atom. The minimum Gasteiger partial charge on any atom is -0.307 e. The van der Waals surface area contributed by atoms with Crippen molar-refractivity contribution in [3.8, 4) is 0 Å². The molecule has 2 aromatic heterocycles. The van der Waals surface area contributed by atoms with Crippen LogP contribution in [0.25, 0.3) is 0 Å². The quantitative estimate of drug-likeness (QED) is 0.550.